The molecule has 17 heavy (non-hydrogen) atoms. The van der Waals surface area contributed by atoms with Crippen LogP contribution in [0.25, 0.3) is 0 Å². The van der Waals surface area contributed by atoms with Crippen LogP contribution in [-0.2, 0) is 9.53 Å². The smallest absolute Gasteiger partial charge is 0.347 e. The monoisotopic (exact) mass is 238 g/mol. The van der Waals surface area contributed by atoms with Gasteiger partial charge in [0.1, 0.15) is 0 Å². The first kappa shape index (κ1) is 13.4. The Labute approximate surface area is 101 Å². The Morgan fingerprint density at radius 3 is 2.65 bits per heavy atom. The van der Waals surface area contributed by atoms with Crippen molar-refractivity contribution in [3.63, 3.8) is 0 Å². The summed E-state index contributed by atoms with van der Waals surface area (Å²) in [6.45, 7) is 5.72. The van der Waals surface area contributed by atoms with Gasteiger partial charge in [0.25, 0.3) is 0 Å². The zero-order valence-corrected chi connectivity index (χ0v) is 10.6. The molecule has 1 unspecified atom stereocenters. The zero-order valence-electron chi connectivity index (χ0n) is 10.6. The molecule has 94 valence electrons. The number of hydrogen-bond acceptors (Lipinski definition) is 4. The normalized spacial score (nSPS) is 11.8. The van der Waals surface area contributed by atoms with Crippen LogP contribution in [0.4, 0.5) is 0 Å². The summed E-state index contributed by atoms with van der Waals surface area (Å²) in [5.41, 5.74) is 1.07. The summed E-state index contributed by atoms with van der Waals surface area (Å²) in [5, 5.41) is 0. The van der Waals surface area contributed by atoms with Crippen LogP contribution < -0.4 is 9.47 Å². The lowest BCUT2D eigenvalue weighted by molar-refractivity contribution is -0.150. The number of benzene rings is 1. The summed E-state index contributed by atoms with van der Waals surface area (Å²) in [5.74, 6) is 0.773. The molecule has 1 aromatic rings. The van der Waals surface area contributed by atoms with Gasteiger partial charge in [-0.25, -0.2) is 4.79 Å². The number of rotatable bonds is 5. The van der Waals surface area contributed by atoms with Crippen molar-refractivity contribution in [2.24, 2.45) is 0 Å². The van der Waals surface area contributed by atoms with Gasteiger partial charge in [0, 0.05) is 0 Å². The fourth-order valence-corrected chi connectivity index (χ4v) is 1.37. The van der Waals surface area contributed by atoms with Gasteiger partial charge in [0.2, 0.25) is 0 Å². The van der Waals surface area contributed by atoms with Crippen molar-refractivity contribution < 1.29 is 19.0 Å². The molecule has 0 aliphatic heterocycles. The minimum Gasteiger partial charge on any atom is -0.493 e. The van der Waals surface area contributed by atoms with Crippen LogP contribution in [0, 0.1) is 6.92 Å². The van der Waals surface area contributed by atoms with Gasteiger partial charge in [-0.3, -0.25) is 0 Å². The van der Waals surface area contributed by atoms with Crippen molar-refractivity contribution in [3.05, 3.63) is 23.8 Å². The van der Waals surface area contributed by atoms with Crippen LogP contribution in [0.5, 0.6) is 11.5 Å². The average molecular weight is 238 g/mol. The predicted octanol–water partition coefficient (Wildman–Crippen LogP) is 2.33. The highest BCUT2D eigenvalue weighted by molar-refractivity contribution is 5.74. The number of esters is 1. The first-order valence-corrected chi connectivity index (χ1v) is 5.56. The van der Waals surface area contributed by atoms with Gasteiger partial charge in [-0.15, -0.1) is 0 Å². The highest BCUT2D eigenvalue weighted by atomic mass is 16.6. The molecule has 4 heteroatoms. The molecule has 0 aromatic heterocycles. The minimum atomic E-state index is -0.647. The molecule has 1 rings (SSSR count). The van der Waals surface area contributed by atoms with Crippen LogP contribution in [0.3, 0.4) is 0 Å². The maximum absolute atomic E-state index is 11.4. The summed E-state index contributed by atoms with van der Waals surface area (Å²) in [4.78, 5) is 11.4. The molecule has 0 heterocycles. The number of carbonyl (C=O) groups is 1. The van der Waals surface area contributed by atoms with Gasteiger partial charge in [-0.05, 0) is 38.5 Å². The van der Waals surface area contributed by atoms with E-state index in [0.29, 0.717) is 18.1 Å². The van der Waals surface area contributed by atoms with Crippen LogP contribution in [0.15, 0.2) is 18.2 Å². The van der Waals surface area contributed by atoms with Gasteiger partial charge >= 0.3 is 5.97 Å². The molecule has 0 N–H and O–H groups in total. The highest BCUT2D eigenvalue weighted by Gasteiger charge is 2.17. The number of aryl methyl sites for hydroxylation is 1. The van der Waals surface area contributed by atoms with E-state index in [1.165, 1.54) is 0 Å². The van der Waals surface area contributed by atoms with E-state index in [0.717, 1.165) is 5.56 Å². The van der Waals surface area contributed by atoms with E-state index < -0.39 is 6.10 Å². The Hall–Kier alpha value is -1.71. The number of ether oxygens (including phenoxy) is 3. The van der Waals surface area contributed by atoms with Crippen molar-refractivity contribution in [1.29, 1.82) is 0 Å². The van der Waals surface area contributed by atoms with Crippen LogP contribution in [0.2, 0.25) is 0 Å². The third kappa shape index (κ3) is 3.66. The molecule has 0 amide bonds. The molecule has 1 aromatic carbocycles. The first-order valence-electron chi connectivity index (χ1n) is 5.56. The van der Waals surface area contributed by atoms with E-state index >= 15 is 0 Å². The maximum atomic E-state index is 11.4. The van der Waals surface area contributed by atoms with E-state index in [9.17, 15) is 4.79 Å². The molecule has 0 aliphatic rings. The average Bonchev–Trinajstić information content (AvgIpc) is 2.31. The van der Waals surface area contributed by atoms with E-state index in [4.69, 9.17) is 14.2 Å². The Kier molecular flexibility index (Phi) is 4.82. The topological polar surface area (TPSA) is 44.8 Å². The lowest BCUT2D eigenvalue weighted by atomic mass is 10.2. The van der Waals surface area contributed by atoms with Gasteiger partial charge in [-0.1, -0.05) is 6.07 Å². The molecular formula is C13H18O4. The fraction of sp³-hybridized carbons (Fsp3) is 0.462. The van der Waals surface area contributed by atoms with Crippen molar-refractivity contribution in [2.45, 2.75) is 26.9 Å². The van der Waals surface area contributed by atoms with E-state index in [-0.39, 0.29) is 5.97 Å². The molecule has 0 saturated carbocycles. The lowest BCUT2D eigenvalue weighted by Crippen LogP contribution is -2.26. The van der Waals surface area contributed by atoms with Gasteiger partial charge in [0.15, 0.2) is 17.6 Å². The fourth-order valence-electron chi connectivity index (χ4n) is 1.37. The summed E-state index contributed by atoms with van der Waals surface area (Å²) in [6, 6.07) is 5.53. The number of hydrogen-bond donors (Lipinski definition) is 0. The highest BCUT2D eigenvalue weighted by Crippen LogP contribution is 2.28. The molecule has 4 nitrogen and oxygen atoms in total. The molecule has 1 atom stereocenters. The molecule has 0 aliphatic carbocycles. The van der Waals surface area contributed by atoms with E-state index in [1.807, 2.05) is 19.1 Å². The van der Waals surface area contributed by atoms with Gasteiger partial charge in [-0.2, -0.15) is 0 Å². The quantitative estimate of drug-likeness (QED) is 0.738. The van der Waals surface area contributed by atoms with Crippen LogP contribution in [-0.4, -0.2) is 25.8 Å². The first-order chi connectivity index (χ1) is 8.08. The number of carbonyl (C=O) groups excluding carboxylic acids is 1. The lowest BCUT2D eigenvalue weighted by Gasteiger charge is -2.15. The zero-order chi connectivity index (χ0) is 12.8. The van der Waals surface area contributed by atoms with Gasteiger partial charge in [0.05, 0.1) is 13.7 Å². The minimum absolute atomic E-state index is 0.345. The van der Waals surface area contributed by atoms with E-state index in [1.54, 1.807) is 27.0 Å². The third-order valence-electron chi connectivity index (χ3n) is 2.24. The predicted molar refractivity (Wildman–Crippen MR) is 64.5 cm³/mol. The van der Waals surface area contributed by atoms with E-state index in [2.05, 4.69) is 0 Å². The molecule has 0 spiro atoms. The third-order valence-corrected chi connectivity index (χ3v) is 2.24. The Morgan fingerprint density at radius 2 is 2.06 bits per heavy atom. The SMILES string of the molecule is CCOC(=O)C(C)Oc1ccc(C)cc1OC. The van der Waals surface area contributed by atoms with Crippen LogP contribution in [0.1, 0.15) is 19.4 Å². The van der Waals surface area contributed by atoms with Gasteiger partial charge < -0.3 is 14.2 Å². The molecule has 0 radical (unpaired) electrons. The second-order valence-corrected chi connectivity index (χ2v) is 3.67. The molecule has 0 fully saturated rings. The summed E-state index contributed by atoms with van der Waals surface area (Å²) >= 11 is 0. The summed E-state index contributed by atoms with van der Waals surface area (Å²) < 4.78 is 15.6. The molecule has 0 bridgehead atoms. The molecular weight excluding hydrogens is 220 g/mol. The Bertz CT molecular complexity index is 387. The summed E-state index contributed by atoms with van der Waals surface area (Å²) in [6.07, 6.45) is -0.647. The summed E-state index contributed by atoms with van der Waals surface area (Å²) in [7, 11) is 1.57. The standard InChI is InChI=1S/C13H18O4/c1-5-16-13(14)10(3)17-11-7-6-9(2)8-12(11)15-4/h6-8,10H,5H2,1-4H3. The number of methoxy groups -OCH3 is 1. The second kappa shape index (κ2) is 6.13. The Balaban J connectivity index is 2.77. The van der Waals surface area contributed by atoms with Crippen molar-refractivity contribution in [2.75, 3.05) is 13.7 Å². The van der Waals surface area contributed by atoms with Crippen molar-refractivity contribution in [3.8, 4) is 11.5 Å². The second-order valence-electron chi connectivity index (χ2n) is 3.67. The van der Waals surface area contributed by atoms with Crippen molar-refractivity contribution >= 4 is 5.97 Å². The van der Waals surface area contributed by atoms with Crippen molar-refractivity contribution in [1.82, 2.24) is 0 Å². The Morgan fingerprint density at radius 1 is 1.35 bits per heavy atom. The maximum Gasteiger partial charge on any atom is 0.347 e. The van der Waals surface area contributed by atoms with Crippen LogP contribution >= 0.6 is 0 Å². The molecule has 0 saturated heterocycles. The largest absolute Gasteiger partial charge is 0.493 e.